The van der Waals surface area contributed by atoms with E-state index in [1.54, 1.807) is 4.90 Å². The number of carbonyl (C=O) groups excluding carboxylic acids is 1. The third kappa shape index (κ3) is 2.68. The molecule has 1 aromatic carbocycles. The van der Waals surface area contributed by atoms with Gasteiger partial charge < -0.3 is 15.1 Å². The van der Waals surface area contributed by atoms with Gasteiger partial charge in [-0.15, -0.1) is 0 Å². The van der Waals surface area contributed by atoms with E-state index in [9.17, 15) is 4.79 Å². The molecular weight excluding hydrogens is 230 g/mol. The van der Waals surface area contributed by atoms with Crippen LogP contribution in [-0.4, -0.2) is 22.3 Å². The second-order valence-corrected chi connectivity index (χ2v) is 3.88. The average molecular weight is 245 g/mol. The number of anilines is 1. The summed E-state index contributed by atoms with van der Waals surface area (Å²) >= 11 is 0. The van der Waals surface area contributed by atoms with Crippen LogP contribution in [0.1, 0.15) is 23.0 Å². The van der Waals surface area contributed by atoms with Crippen molar-refractivity contribution in [1.29, 1.82) is 0 Å². The fourth-order valence-corrected chi connectivity index (χ4v) is 1.68. The molecule has 2 N–H and O–H groups in total. The monoisotopic (exact) mass is 245 g/mol. The number of nitrogen functional groups attached to an aromatic ring is 1. The van der Waals surface area contributed by atoms with Crippen molar-refractivity contribution in [3.63, 3.8) is 0 Å². The van der Waals surface area contributed by atoms with Gasteiger partial charge >= 0.3 is 0 Å². The van der Waals surface area contributed by atoms with E-state index in [0.29, 0.717) is 13.1 Å². The number of oxazole rings is 1. The number of aromatic nitrogens is 1. The van der Waals surface area contributed by atoms with Crippen LogP contribution < -0.4 is 5.73 Å². The molecule has 0 fully saturated rings. The molecular formula is C13H15N3O2. The first-order valence-electron chi connectivity index (χ1n) is 5.75. The number of benzene rings is 1. The van der Waals surface area contributed by atoms with Gasteiger partial charge in [0.05, 0.1) is 0 Å². The fraction of sp³-hybridized carbons (Fsp3) is 0.231. The van der Waals surface area contributed by atoms with Crippen molar-refractivity contribution >= 4 is 11.9 Å². The molecule has 5 heteroatoms. The second-order valence-electron chi connectivity index (χ2n) is 3.88. The first kappa shape index (κ1) is 12.2. The summed E-state index contributed by atoms with van der Waals surface area (Å²) in [7, 11) is 0. The largest absolute Gasteiger partial charge is 0.431 e. The van der Waals surface area contributed by atoms with Crippen LogP contribution >= 0.6 is 0 Å². The summed E-state index contributed by atoms with van der Waals surface area (Å²) in [5.74, 6) is -0.179. The Hall–Kier alpha value is -2.30. The van der Waals surface area contributed by atoms with E-state index < -0.39 is 0 Å². The van der Waals surface area contributed by atoms with E-state index >= 15 is 0 Å². The van der Waals surface area contributed by atoms with Gasteiger partial charge in [-0.25, -0.2) is 0 Å². The number of hydrogen-bond acceptors (Lipinski definition) is 4. The van der Waals surface area contributed by atoms with Crippen LogP contribution in [0.25, 0.3) is 0 Å². The molecule has 5 nitrogen and oxygen atoms in total. The van der Waals surface area contributed by atoms with Crippen molar-refractivity contribution in [3.05, 3.63) is 47.9 Å². The van der Waals surface area contributed by atoms with Crippen LogP contribution in [0.15, 0.2) is 41.0 Å². The lowest BCUT2D eigenvalue weighted by Gasteiger charge is -2.19. The number of hydrogen-bond donors (Lipinski definition) is 1. The lowest BCUT2D eigenvalue weighted by atomic mass is 10.2. The lowest BCUT2D eigenvalue weighted by Crippen LogP contribution is -2.30. The summed E-state index contributed by atoms with van der Waals surface area (Å²) in [6.07, 6.45) is 1.28. The van der Waals surface area contributed by atoms with Crippen LogP contribution in [0.4, 0.5) is 6.01 Å². The zero-order valence-corrected chi connectivity index (χ0v) is 10.2. The number of nitrogens with zero attached hydrogens (tertiary/aromatic N) is 2. The summed E-state index contributed by atoms with van der Waals surface area (Å²) in [4.78, 5) is 17.7. The molecule has 0 aliphatic rings. The predicted molar refractivity (Wildman–Crippen MR) is 67.8 cm³/mol. The molecule has 0 aliphatic carbocycles. The third-order valence-electron chi connectivity index (χ3n) is 2.63. The highest BCUT2D eigenvalue weighted by Crippen LogP contribution is 2.10. The van der Waals surface area contributed by atoms with Gasteiger partial charge in [0, 0.05) is 13.1 Å². The van der Waals surface area contributed by atoms with Crippen molar-refractivity contribution in [2.45, 2.75) is 13.5 Å². The highest BCUT2D eigenvalue weighted by Gasteiger charge is 2.17. The van der Waals surface area contributed by atoms with Gasteiger partial charge in [-0.05, 0) is 12.5 Å². The zero-order valence-electron chi connectivity index (χ0n) is 10.2. The van der Waals surface area contributed by atoms with Crippen LogP contribution in [-0.2, 0) is 6.54 Å². The molecule has 1 aromatic heterocycles. The topological polar surface area (TPSA) is 72.4 Å². The maximum absolute atomic E-state index is 12.1. The van der Waals surface area contributed by atoms with Crippen LogP contribution in [0.5, 0.6) is 0 Å². The Kier molecular flexibility index (Phi) is 3.62. The van der Waals surface area contributed by atoms with Gasteiger partial charge in [-0.2, -0.15) is 4.98 Å². The Morgan fingerprint density at radius 1 is 1.39 bits per heavy atom. The fourth-order valence-electron chi connectivity index (χ4n) is 1.68. The molecule has 18 heavy (non-hydrogen) atoms. The molecule has 0 aliphatic heterocycles. The quantitative estimate of drug-likeness (QED) is 0.893. The molecule has 2 aromatic rings. The Labute approximate surface area is 105 Å². The van der Waals surface area contributed by atoms with Gasteiger partial charge in [0.1, 0.15) is 6.26 Å². The minimum Gasteiger partial charge on any atom is -0.431 e. The second kappa shape index (κ2) is 5.35. The lowest BCUT2D eigenvalue weighted by molar-refractivity contribution is 0.0746. The van der Waals surface area contributed by atoms with Gasteiger partial charge in [-0.1, -0.05) is 30.3 Å². The number of amides is 1. The van der Waals surface area contributed by atoms with E-state index in [1.165, 1.54) is 6.26 Å². The Morgan fingerprint density at radius 2 is 2.11 bits per heavy atom. The van der Waals surface area contributed by atoms with Crippen molar-refractivity contribution < 1.29 is 9.21 Å². The number of rotatable bonds is 4. The number of nitrogens with two attached hydrogens (primary N) is 1. The maximum Gasteiger partial charge on any atom is 0.292 e. The molecule has 0 saturated carbocycles. The highest BCUT2D eigenvalue weighted by molar-refractivity contribution is 5.92. The SMILES string of the molecule is CCN(Cc1ccccc1)C(=O)c1coc(N)n1. The summed E-state index contributed by atoms with van der Waals surface area (Å²) in [6, 6.07) is 9.80. The summed E-state index contributed by atoms with van der Waals surface area (Å²) in [5, 5.41) is 0. The van der Waals surface area contributed by atoms with Gasteiger partial charge in [0.25, 0.3) is 11.9 Å². The van der Waals surface area contributed by atoms with Gasteiger partial charge in [0.15, 0.2) is 5.69 Å². The molecule has 1 amide bonds. The molecule has 1 heterocycles. The summed E-state index contributed by atoms with van der Waals surface area (Å²) in [5.41, 5.74) is 6.68. The Bertz CT molecular complexity index is 522. The molecule has 0 bridgehead atoms. The minimum absolute atomic E-state index is 0.00844. The van der Waals surface area contributed by atoms with Crippen molar-refractivity contribution in [1.82, 2.24) is 9.88 Å². The average Bonchev–Trinajstić information content (AvgIpc) is 2.83. The minimum atomic E-state index is -0.179. The molecule has 0 radical (unpaired) electrons. The molecule has 0 saturated heterocycles. The first-order valence-corrected chi connectivity index (χ1v) is 5.75. The van der Waals surface area contributed by atoms with Gasteiger partial charge in [-0.3, -0.25) is 4.79 Å². The van der Waals surface area contributed by atoms with E-state index in [-0.39, 0.29) is 17.6 Å². The molecule has 94 valence electrons. The first-order chi connectivity index (χ1) is 8.70. The van der Waals surface area contributed by atoms with Crippen molar-refractivity contribution in [2.24, 2.45) is 0 Å². The molecule has 0 unspecified atom stereocenters. The Balaban J connectivity index is 2.12. The standard InChI is InChI=1S/C13H15N3O2/c1-2-16(8-10-6-4-3-5-7-10)12(17)11-9-18-13(14)15-11/h3-7,9H,2,8H2,1H3,(H2,14,15). The molecule has 0 atom stereocenters. The zero-order chi connectivity index (χ0) is 13.0. The van der Waals surface area contributed by atoms with Gasteiger partial charge in [0.2, 0.25) is 0 Å². The summed E-state index contributed by atoms with van der Waals surface area (Å²) < 4.78 is 4.85. The maximum atomic E-state index is 12.1. The van der Waals surface area contributed by atoms with Crippen molar-refractivity contribution in [2.75, 3.05) is 12.3 Å². The van der Waals surface area contributed by atoms with Crippen molar-refractivity contribution in [3.8, 4) is 0 Å². The molecule has 0 spiro atoms. The summed E-state index contributed by atoms with van der Waals surface area (Å²) in [6.45, 7) is 3.06. The number of carbonyl (C=O) groups is 1. The van der Waals surface area contributed by atoms with E-state index in [0.717, 1.165) is 5.56 Å². The predicted octanol–water partition coefficient (Wildman–Crippen LogP) is 1.92. The van der Waals surface area contributed by atoms with Crippen LogP contribution in [0.3, 0.4) is 0 Å². The normalized spacial score (nSPS) is 10.3. The third-order valence-corrected chi connectivity index (χ3v) is 2.63. The molecule has 2 rings (SSSR count). The highest BCUT2D eigenvalue weighted by atomic mass is 16.4. The van der Waals surface area contributed by atoms with E-state index in [2.05, 4.69) is 4.98 Å². The Morgan fingerprint density at radius 3 is 2.67 bits per heavy atom. The van der Waals surface area contributed by atoms with Crippen LogP contribution in [0, 0.1) is 0 Å². The van der Waals surface area contributed by atoms with Crippen LogP contribution in [0.2, 0.25) is 0 Å². The van der Waals surface area contributed by atoms with E-state index in [1.807, 2.05) is 37.3 Å². The smallest absolute Gasteiger partial charge is 0.292 e. The van der Waals surface area contributed by atoms with E-state index in [4.69, 9.17) is 10.2 Å².